The zero-order chi connectivity index (χ0) is 18.6. The van der Waals surface area contributed by atoms with Crippen LogP contribution in [0.2, 0.25) is 0 Å². The molecule has 3 aromatic rings. The highest BCUT2D eigenvalue weighted by Gasteiger charge is 2.23. The summed E-state index contributed by atoms with van der Waals surface area (Å²) in [6, 6.07) is 17.9. The summed E-state index contributed by atoms with van der Waals surface area (Å²) >= 11 is 0. The van der Waals surface area contributed by atoms with E-state index < -0.39 is 7.60 Å². The van der Waals surface area contributed by atoms with Crippen LogP contribution >= 0.6 is 7.60 Å². The first-order valence-corrected chi connectivity index (χ1v) is 9.67. The van der Waals surface area contributed by atoms with Crippen LogP contribution in [0.15, 0.2) is 66.8 Å². The lowest BCUT2D eigenvalue weighted by Gasteiger charge is -2.26. The third kappa shape index (κ3) is 4.07. The second kappa shape index (κ2) is 7.79. The highest BCUT2D eigenvalue weighted by Crippen LogP contribution is 2.46. The Labute approximate surface area is 149 Å². The molecule has 0 fully saturated rings. The van der Waals surface area contributed by atoms with Crippen molar-refractivity contribution in [2.75, 3.05) is 31.8 Å². The minimum absolute atomic E-state index is 0.254. The van der Waals surface area contributed by atoms with Crippen LogP contribution in [0.4, 0.5) is 11.4 Å². The predicted octanol–water partition coefficient (Wildman–Crippen LogP) is 4.86. The van der Waals surface area contributed by atoms with Gasteiger partial charge in [-0.3, -0.25) is 9.55 Å². The molecule has 0 aliphatic carbocycles. The van der Waals surface area contributed by atoms with Crippen LogP contribution in [0.1, 0.15) is 1.37 Å². The van der Waals surface area contributed by atoms with Crippen molar-refractivity contribution in [3.8, 4) is 0 Å². The van der Waals surface area contributed by atoms with Gasteiger partial charge >= 0.3 is 7.60 Å². The van der Waals surface area contributed by atoms with E-state index >= 15 is 0 Å². The van der Waals surface area contributed by atoms with Crippen LogP contribution in [-0.2, 0) is 13.6 Å². The van der Waals surface area contributed by atoms with E-state index in [1.165, 1.54) is 20.4 Å². The SMILES string of the molecule is [2H]c1cnc2ccc(N(CCP(=O)(OC)OC)c3ccccc3)cc2c1. The van der Waals surface area contributed by atoms with Crippen LogP contribution in [0.3, 0.4) is 0 Å². The minimum Gasteiger partial charge on any atom is -0.341 e. The summed E-state index contributed by atoms with van der Waals surface area (Å²) < 4.78 is 30.4. The molecule has 6 heteroatoms. The number of pyridine rings is 1. The van der Waals surface area contributed by atoms with Crippen molar-refractivity contribution in [3.63, 3.8) is 0 Å². The minimum atomic E-state index is -3.12. The quantitative estimate of drug-likeness (QED) is 0.565. The second-order valence-electron chi connectivity index (χ2n) is 5.50. The number of aromatic nitrogens is 1. The van der Waals surface area contributed by atoms with Crippen molar-refractivity contribution < 1.29 is 15.0 Å². The maximum absolute atomic E-state index is 12.5. The molecule has 0 amide bonds. The lowest BCUT2D eigenvalue weighted by atomic mass is 10.1. The highest BCUT2D eigenvalue weighted by molar-refractivity contribution is 7.53. The molecule has 25 heavy (non-hydrogen) atoms. The number of hydrogen-bond donors (Lipinski definition) is 0. The van der Waals surface area contributed by atoms with E-state index in [1.54, 1.807) is 6.07 Å². The molecule has 2 aromatic carbocycles. The first kappa shape index (κ1) is 16.3. The van der Waals surface area contributed by atoms with E-state index in [-0.39, 0.29) is 6.16 Å². The summed E-state index contributed by atoms with van der Waals surface area (Å²) in [5, 5.41) is 0.887. The Bertz CT molecular complexity index is 928. The molecular weight excluding hydrogens is 335 g/mol. The highest BCUT2D eigenvalue weighted by atomic mass is 31.2. The maximum atomic E-state index is 12.5. The molecule has 0 aliphatic rings. The summed E-state index contributed by atoms with van der Waals surface area (Å²) in [7, 11) is -0.321. The molecule has 0 N–H and O–H groups in total. The van der Waals surface area contributed by atoms with Crippen molar-refractivity contribution in [2.24, 2.45) is 0 Å². The number of rotatable bonds is 7. The Kier molecular flexibility index (Phi) is 5.07. The Balaban J connectivity index is 1.99. The molecule has 3 rings (SSSR count). The van der Waals surface area contributed by atoms with Gasteiger partial charge in [-0.25, -0.2) is 0 Å². The normalized spacial score (nSPS) is 12.2. The van der Waals surface area contributed by atoms with Crippen molar-refractivity contribution in [1.82, 2.24) is 4.98 Å². The Morgan fingerprint density at radius 3 is 2.56 bits per heavy atom. The fourth-order valence-electron chi connectivity index (χ4n) is 2.67. The lowest BCUT2D eigenvalue weighted by Crippen LogP contribution is -2.21. The molecule has 130 valence electrons. The standard InChI is InChI=1S/C19H21N2O3P/c1-23-25(22,24-2)14-13-21(17-8-4-3-5-9-17)18-10-11-19-16(15-18)7-6-12-20-19/h3-12,15H,13-14H2,1-2H3/i6D. The van der Waals surface area contributed by atoms with Crippen LogP contribution in [0, 0.1) is 0 Å². The van der Waals surface area contributed by atoms with Gasteiger partial charge in [0.1, 0.15) is 0 Å². The molecule has 0 unspecified atom stereocenters. The summed E-state index contributed by atoms with van der Waals surface area (Å²) in [6.07, 6.45) is 1.79. The average molecular weight is 357 g/mol. The fraction of sp³-hybridized carbons (Fsp3) is 0.211. The van der Waals surface area contributed by atoms with Gasteiger partial charge in [0.15, 0.2) is 0 Å². The zero-order valence-corrected chi connectivity index (χ0v) is 15.1. The van der Waals surface area contributed by atoms with Gasteiger partial charge in [-0.05, 0) is 36.4 Å². The van der Waals surface area contributed by atoms with Crippen LogP contribution in [0.5, 0.6) is 0 Å². The van der Waals surface area contributed by atoms with E-state index in [0.29, 0.717) is 12.6 Å². The van der Waals surface area contributed by atoms with E-state index in [1.807, 2.05) is 48.5 Å². The Morgan fingerprint density at radius 2 is 1.84 bits per heavy atom. The zero-order valence-electron chi connectivity index (χ0n) is 15.3. The van der Waals surface area contributed by atoms with Crippen molar-refractivity contribution >= 4 is 29.9 Å². The molecule has 0 spiro atoms. The summed E-state index contributed by atoms with van der Waals surface area (Å²) in [6.45, 7) is 0.461. The molecule has 1 heterocycles. The van der Waals surface area contributed by atoms with Crippen molar-refractivity contribution in [2.45, 2.75) is 0 Å². The Hall–Kier alpha value is -2.20. The largest absolute Gasteiger partial charge is 0.341 e. The van der Waals surface area contributed by atoms with Gasteiger partial charge in [-0.2, -0.15) is 0 Å². The summed E-state index contributed by atoms with van der Waals surface area (Å²) in [5.74, 6) is 0. The number of nitrogens with zero attached hydrogens (tertiary/aromatic N) is 2. The fourth-order valence-corrected chi connectivity index (χ4v) is 3.63. The van der Waals surface area contributed by atoms with Gasteiger partial charge in [0, 0.05) is 43.7 Å². The van der Waals surface area contributed by atoms with Crippen molar-refractivity contribution in [1.29, 1.82) is 0 Å². The molecule has 0 aliphatic heterocycles. The topological polar surface area (TPSA) is 51.7 Å². The smallest absolute Gasteiger partial charge is 0.331 e. The van der Waals surface area contributed by atoms with Crippen LogP contribution in [-0.4, -0.2) is 31.9 Å². The van der Waals surface area contributed by atoms with Crippen LogP contribution in [0.25, 0.3) is 10.9 Å². The van der Waals surface area contributed by atoms with Crippen molar-refractivity contribution in [3.05, 3.63) is 66.8 Å². The molecule has 0 radical (unpaired) electrons. The molecule has 0 saturated heterocycles. The number of benzene rings is 2. The Morgan fingerprint density at radius 1 is 1.08 bits per heavy atom. The third-order valence-electron chi connectivity index (χ3n) is 4.06. The van der Waals surface area contributed by atoms with Gasteiger partial charge < -0.3 is 13.9 Å². The number of hydrogen-bond acceptors (Lipinski definition) is 5. The van der Waals surface area contributed by atoms with E-state index in [0.717, 1.165) is 22.3 Å². The van der Waals surface area contributed by atoms with Crippen LogP contribution < -0.4 is 4.90 Å². The van der Waals surface area contributed by atoms with Gasteiger partial charge in [-0.15, -0.1) is 0 Å². The van der Waals surface area contributed by atoms with Gasteiger partial charge in [-0.1, -0.05) is 24.3 Å². The van der Waals surface area contributed by atoms with E-state index in [4.69, 9.17) is 10.4 Å². The summed E-state index contributed by atoms with van der Waals surface area (Å²) in [5.41, 5.74) is 2.73. The van der Waals surface area contributed by atoms with Gasteiger partial charge in [0.25, 0.3) is 0 Å². The molecule has 0 saturated carbocycles. The molecule has 5 nitrogen and oxygen atoms in total. The average Bonchev–Trinajstić information content (AvgIpc) is 2.68. The predicted molar refractivity (Wildman–Crippen MR) is 102 cm³/mol. The molecule has 0 atom stereocenters. The lowest BCUT2D eigenvalue weighted by molar-refractivity contribution is 0.276. The number of fused-ring (bicyclic) bond motifs is 1. The first-order chi connectivity index (χ1) is 12.5. The van der Waals surface area contributed by atoms with E-state index in [9.17, 15) is 4.57 Å². The summed E-state index contributed by atoms with van der Waals surface area (Å²) in [4.78, 5) is 6.33. The molecule has 1 aromatic heterocycles. The number of anilines is 2. The number of para-hydroxylation sites is 1. The molecule has 0 bridgehead atoms. The van der Waals surface area contributed by atoms with Gasteiger partial charge in [0.2, 0.25) is 0 Å². The first-order valence-electron chi connectivity index (χ1n) is 8.44. The monoisotopic (exact) mass is 357 g/mol. The molecular formula is C19H21N2O3P. The second-order valence-corrected chi connectivity index (χ2v) is 7.90. The van der Waals surface area contributed by atoms with Gasteiger partial charge in [0.05, 0.1) is 13.0 Å². The van der Waals surface area contributed by atoms with E-state index in [2.05, 4.69) is 9.88 Å². The maximum Gasteiger partial charge on any atom is 0.331 e. The third-order valence-corrected chi connectivity index (χ3v) is 5.92.